The van der Waals surface area contributed by atoms with Gasteiger partial charge >= 0.3 is 5.97 Å². The summed E-state index contributed by atoms with van der Waals surface area (Å²) in [5, 5.41) is 9.39. The van der Waals surface area contributed by atoms with E-state index in [4.69, 9.17) is 9.47 Å². The Bertz CT molecular complexity index is 853. The van der Waals surface area contributed by atoms with Crippen LogP contribution < -0.4 is 4.74 Å². The Balaban J connectivity index is 1.79. The monoisotopic (exact) mass is 351 g/mol. The first kappa shape index (κ1) is 16.8. The third-order valence-corrected chi connectivity index (χ3v) is 4.86. The van der Waals surface area contributed by atoms with Crippen molar-refractivity contribution in [3.05, 3.63) is 70.8 Å². The molecule has 0 radical (unpaired) electrons. The SMILES string of the molecule is O=C(O)c1ccc2c(c1)/C(=C/CN1CCOCC1)c1ccccc1CO2. The van der Waals surface area contributed by atoms with Crippen molar-refractivity contribution in [3.63, 3.8) is 0 Å². The van der Waals surface area contributed by atoms with Crippen molar-refractivity contribution in [2.24, 2.45) is 0 Å². The number of carboxylic acids is 1. The second-order valence-corrected chi connectivity index (χ2v) is 6.49. The Morgan fingerprint density at radius 1 is 1.12 bits per heavy atom. The zero-order valence-corrected chi connectivity index (χ0v) is 14.5. The van der Waals surface area contributed by atoms with Gasteiger partial charge in [0.25, 0.3) is 0 Å². The van der Waals surface area contributed by atoms with Crippen molar-refractivity contribution in [1.29, 1.82) is 0 Å². The maximum atomic E-state index is 11.4. The highest BCUT2D eigenvalue weighted by Gasteiger charge is 2.21. The van der Waals surface area contributed by atoms with Crippen LogP contribution in [0.1, 0.15) is 27.0 Å². The number of morpholine rings is 1. The normalized spacial score (nSPS) is 18.5. The van der Waals surface area contributed by atoms with Gasteiger partial charge in [-0.2, -0.15) is 0 Å². The molecule has 2 aromatic carbocycles. The smallest absolute Gasteiger partial charge is 0.335 e. The zero-order chi connectivity index (χ0) is 17.9. The molecule has 134 valence electrons. The molecule has 5 nitrogen and oxygen atoms in total. The lowest BCUT2D eigenvalue weighted by molar-refractivity contribution is 0.0435. The molecule has 2 aromatic rings. The number of benzene rings is 2. The maximum Gasteiger partial charge on any atom is 0.335 e. The fraction of sp³-hybridized carbons (Fsp3) is 0.286. The van der Waals surface area contributed by atoms with Gasteiger partial charge in [0.15, 0.2) is 0 Å². The molecule has 5 heteroatoms. The summed E-state index contributed by atoms with van der Waals surface area (Å²) in [7, 11) is 0. The zero-order valence-electron chi connectivity index (χ0n) is 14.5. The van der Waals surface area contributed by atoms with E-state index in [9.17, 15) is 9.90 Å². The van der Waals surface area contributed by atoms with E-state index < -0.39 is 5.97 Å². The van der Waals surface area contributed by atoms with Gasteiger partial charge in [-0.15, -0.1) is 0 Å². The minimum absolute atomic E-state index is 0.268. The van der Waals surface area contributed by atoms with Gasteiger partial charge in [-0.3, -0.25) is 4.90 Å². The highest BCUT2D eigenvalue weighted by Crippen LogP contribution is 2.37. The van der Waals surface area contributed by atoms with Crippen LogP contribution in [-0.4, -0.2) is 48.8 Å². The molecule has 0 aromatic heterocycles. The van der Waals surface area contributed by atoms with Gasteiger partial charge in [0.05, 0.1) is 18.8 Å². The lowest BCUT2D eigenvalue weighted by Crippen LogP contribution is -2.36. The maximum absolute atomic E-state index is 11.4. The van der Waals surface area contributed by atoms with E-state index in [1.807, 2.05) is 12.1 Å². The molecule has 1 saturated heterocycles. The lowest BCUT2D eigenvalue weighted by Gasteiger charge is -2.25. The number of aromatic carboxylic acids is 1. The van der Waals surface area contributed by atoms with Gasteiger partial charge in [0.1, 0.15) is 12.4 Å². The average Bonchev–Trinajstić information content (AvgIpc) is 2.83. The standard InChI is InChI=1S/C21H21NO4/c23-21(24)15-5-6-20-19(13-15)18(7-8-22-9-11-25-12-10-22)17-4-2-1-3-16(17)14-26-20/h1-7,13H,8-12,14H2,(H,23,24)/b18-7+. The molecule has 0 aliphatic carbocycles. The molecule has 0 bridgehead atoms. The predicted molar refractivity (Wildman–Crippen MR) is 98.5 cm³/mol. The molecule has 2 aliphatic rings. The van der Waals surface area contributed by atoms with Gasteiger partial charge in [0.2, 0.25) is 0 Å². The Morgan fingerprint density at radius 3 is 2.73 bits per heavy atom. The average molecular weight is 351 g/mol. The molecule has 1 fully saturated rings. The van der Waals surface area contributed by atoms with E-state index in [2.05, 4.69) is 23.1 Å². The van der Waals surface area contributed by atoms with E-state index in [-0.39, 0.29) is 5.56 Å². The number of fused-ring (bicyclic) bond motifs is 2. The number of nitrogens with zero attached hydrogens (tertiary/aromatic N) is 1. The van der Waals surface area contributed by atoms with Crippen LogP contribution in [-0.2, 0) is 11.3 Å². The van der Waals surface area contributed by atoms with Crippen molar-refractivity contribution in [3.8, 4) is 5.75 Å². The van der Waals surface area contributed by atoms with Crippen LogP contribution in [0.3, 0.4) is 0 Å². The third-order valence-electron chi connectivity index (χ3n) is 4.86. The highest BCUT2D eigenvalue weighted by atomic mass is 16.5. The van der Waals surface area contributed by atoms with E-state index in [1.54, 1.807) is 18.2 Å². The van der Waals surface area contributed by atoms with Gasteiger partial charge < -0.3 is 14.6 Å². The fourth-order valence-corrected chi connectivity index (χ4v) is 3.43. The Labute approximate surface area is 152 Å². The van der Waals surface area contributed by atoms with Crippen molar-refractivity contribution < 1.29 is 19.4 Å². The summed E-state index contributed by atoms with van der Waals surface area (Å²) >= 11 is 0. The Kier molecular flexibility index (Phi) is 4.73. The second kappa shape index (κ2) is 7.32. The third kappa shape index (κ3) is 3.36. The van der Waals surface area contributed by atoms with Crippen LogP contribution in [0.2, 0.25) is 0 Å². The molecule has 0 atom stereocenters. The number of carbonyl (C=O) groups is 1. The van der Waals surface area contributed by atoms with Gasteiger partial charge in [-0.25, -0.2) is 4.79 Å². The number of hydrogen-bond acceptors (Lipinski definition) is 4. The molecule has 2 aliphatic heterocycles. The van der Waals surface area contributed by atoms with Gasteiger partial charge in [-0.1, -0.05) is 30.3 Å². The Hall–Kier alpha value is -2.63. The van der Waals surface area contributed by atoms with Crippen molar-refractivity contribution >= 4 is 11.5 Å². The summed E-state index contributed by atoms with van der Waals surface area (Å²) in [6.45, 7) is 4.59. The van der Waals surface area contributed by atoms with Crippen molar-refractivity contribution in [2.45, 2.75) is 6.61 Å². The first-order chi connectivity index (χ1) is 12.7. The number of carboxylic acid groups (broad SMARTS) is 1. The molecule has 4 rings (SSSR count). The summed E-state index contributed by atoms with van der Waals surface area (Å²) in [5.74, 6) is -0.211. The van der Waals surface area contributed by atoms with Gasteiger partial charge in [-0.05, 0) is 34.9 Å². The topological polar surface area (TPSA) is 59.0 Å². The second-order valence-electron chi connectivity index (χ2n) is 6.49. The molecule has 0 unspecified atom stereocenters. The molecule has 2 heterocycles. The van der Waals surface area contributed by atoms with Crippen LogP contribution in [0.5, 0.6) is 5.75 Å². The largest absolute Gasteiger partial charge is 0.488 e. The molecule has 26 heavy (non-hydrogen) atoms. The lowest BCUT2D eigenvalue weighted by atomic mass is 9.93. The molecule has 0 amide bonds. The molecular formula is C21H21NO4. The van der Waals surface area contributed by atoms with Crippen LogP contribution >= 0.6 is 0 Å². The van der Waals surface area contributed by atoms with Gasteiger partial charge in [0, 0.05) is 25.2 Å². The van der Waals surface area contributed by atoms with Crippen LogP contribution in [0.15, 0.2) is 48.5 Å². The molecule has 0 saturated carbocycles. The first-order valence-electron chi connectivity index (χ1n) is 8.81. The van der Waals surface area contributed by atoms with Crippen molar-refractivity contribution in [1.82, 2.24) is 4.90 Å². The quantitative estimate of drug-likeness (QED) is 0.921. The van der Waals surface area contributed by atoms with E-state index >= 15 is 0 Å². The fourth-order valence-electron chi connectivity index (χ4n) is 3.43. The van der Waals surface area contributed by atoms with Crippen LogP contribution in [0, 0.1) is 0 Å². The van der Waals surface area contributed by atoms with E-state index in [0.29, 0.717) is 6.61 Å². The highest BCUT2D eigenvalue weighted by molar-refractivity contribution is 5.92. The number of hydrogen-bond donors (Lipinski definition) is 1. The van der Waals surface area contributed by atoms with Crippen LogP contribution in [0.25, 0.3) is 5.57 Å². The van der Waals surface area contributed by atoms with Crippen LogP contribution in [0.4, 0.5) is 0 Å². The summed E-state index contributed by atoms with van der Waals surface area (Å²) in [5.41, 5.74) is 4.34. The summed E-state index contributed by atoms with van der Waals surface area (Å²) in [4.78, 5) is 13.8. The van der Waals surface area contributed by atoms with E-state index in [0.717, 1.165) is 60.9 Å². The molecule has 1 N–H and O–H groups in total. The minimum Gasteiger partial charge on any atom is -0.488 e. The Morgan fingerprint density at radius 2 is 1.92 bits per heavy atom. The first-order valence-corrected chi connectivity index (χ1v) is 8.81. The predicted octanol–water partition coefficient (Wildman–Crippen LogP) is 3.04. The van der Waals surface area contributed by atoms with E-state index in [1.165, 1.54) is 0 Å². The van der Waals surface area contributed by atoms with Crippen molar-refractivity contribution in [2.75, 3.05) is 32.8 Å². The number of ether oxygens (including phenoxy) is 2. The summed E-state index contributed by atoms with van der Waals surface area (Å²) < 4.78 is 11.4. The minimum atomic E-state index is -0.933. The molecular weight excluding hydrogens is 330 g/mol. The molecule has 0 spiro atoms. The summed E-state index contributed by atoms with van der Waals surface area (Å²) in [6, 6.07) is 13.2. The number of rotatable bonds is 3. The summed E-state index contributed by atoms with van der Waals surface area (Å²) in [6.07, 6.45) is 2.18.